The fourth-order valence-corrected chi connectivity index (χ4v) is 3.84. The summed E-state index contributed by atoms with van der Waals surface area (Å²) in [5.41, 5.74) is 2.55. The van der Waals surface area contributed by atoms with Gasteiger partial charge in [-0.2, -0.15) is 0 Å². The highest BCUT2D eigenvalue weighted by Gasteiger charge is 2.66. The van der Waals surface area contributed by atoms with Gasteiger partial charge in [0.05, 0.1) is 24.2 Å². The molecule has 0 radical (unpaired) electrons. The third kappa shape index (κ3) is 1.85. The van der Waals surface area contributed by atoms with E-state index in [4.69, 9.17) is 4.74 Å². The summed E-state index contributed by atoms with van der Waals surface area (Å²) in [6.45, 7) is 0. The van der Waals surface area contributed by atoms with Crippen molar-refractivity contribution in [1.29, 1.82) is 0 Å². The molecule has 3 heterocycles. The Morgan fingerprint density at radius 3 is 2.23 bits per heavy atom. The summed E-state index contributed by atoms with van der Waals surface area (Å²) < 4.78 is 5.77. The number of aliphatic hydroxyl groups is 1. The van der Waals surface area contributed by atoms with E-state index in [9.17, 15) is 5.11 Å². The van der Waals surface area contributed by atoms with Crippen molar-refractivity contribution >= 4 is 0 Å². The van der Waals surface area contributed by atoms with Crippen LogP contribution in [0.15, 0.2) is 60.7 Å². The first kappa shape index (κ1) is 12.8. The van der Waals surface area contributed by atoms with Crippen molar-refractivity contribution in [2.75, 3.05) is 0 Å². The molecule has 0 saturated carbocycles. The molecule has 4 nitrogen and oxygen atoms in total. The van der Waals surface area contributed by atoms with Gasteiger partial charge in [0.25, 0.3) is 0 Å². The Morgan fingerprint density at radius 2 is 1.55 bits per heavy atom. The molecule has 3 saturated heterocycles. The molecule has 112 valence electrons. The first-order chi connectivity index (χ1) is 10.8. The van der Waals surface area contributed by atoms with Gasteiger partial charge in [-0.25, -0.2) is 0 Å². The molecule has 5 rings (SSSR count). The Hall–Kier alpha value is -1.72. The van der Waals surface area contributed by atoms with E-state index in [1.807, 2.05) is 12.1 Å². The van der Waals surface area contributed by atoms with E-state index in [-0.39, 0.29) is 24.4 Å². The molecular formula is C18H18N2O2. The van der Waals surface area contributed by atoms with E-state index in [1.165, 1.54) is 11.1 Å². The predicted molar refractivity (Wildman–Crippen MR) is 81.8 cm³/mol. The average Bonchev–Trinajstić information content (AvgIpc) is 3.47. The van der Waals surface area contributed by atoms with Crippen LogP contribution in [0.4, 0.5) is 0 Å². The zero-order valence-electron chi connectivity index (χ0n) is 12.0. The van der Waals surface area contributed by atoms with Gasteiger partial charge in [0, 0.05) is 0 Å². The summed E-state index contributed by atoms with van der Waals surface area (Å²) in [6.07, 6.45) is -0.732. The number of ether oxygens (including phenoxy) is 1. The number of fused-ring (bicyclic) bond motifs is 1. The Kier molecular flexibility index (Phi) is 2.69. The Balaban J connectivity index is 1.35. The third-order valence-corrected chi connectivity index (χ3v) is 4.99. The predicted octanol–water partition coefficient (Wildman–Crippen LogP) is 1.80. The minimum absolute atomic E-state index is 0.0459. The Bertz CT molecular complexity index is 678. The van der Waals surface area contributed by atoms with Crippen LogP contribution >= 0.6 is 0 Å². The van der Waals surface area contributed by atoms with Gasteiger partial charge >= 0.3 is 0 Å². The van der Waals surface area contributed by atoms with Gasteiger partial charge < -0.3 is 15.2 Å². The van der Waals surface area contributed by atoms with Crippen molar-refractivity contribution in [2.45, 2.75) is 36.7 Å². The molecule has 4 heteroatoms. The van der Waals surface area contributed by atoms with Gasteiger partial charge in [0.2, 0.25) is 0 Å². The molecule has 3 aliphatic heterocycles. The van der Waals surface area contributed by atoms with Crippen LogP contribution in [-0.2, 0) is 4.74 Å². The molecule has 1 unspecified atom stereocenters. The molecule has 0 aliphatic carbocycles. The number of hydrogen-bond donors (Lipinski definition) is 2. The second-order valence-electron chi connectivity index (χ2n) is 6.29. The van der Waals surface area contributed by atoms with Crippen molar-refractivity contribution in [3.05, 3.63) is 71.8 Å². The smallest absolute Gasteiger partial charge is 0.174 e. The first-order valence-electron chi connectivity index (χ1n) is 7.81. The molecule has 0 bridgehead atoms. The van der Waals surface area contributed by atoms with Crippen LogP contribution in [0.1, 0.15) is 23.2 Å². The van der Waals surface area contributed by atoms with Crippen LogP contribution in [-0.4, -0.2) is 34.6 Å². The van der Waals surface area contributed by atoms with Gasteiger partial charge in [-0.3, -0.25) is 4.90 Å². The van der Waals surface area contributed by atoms with E-state index in [2.05, 4.69) is 58.7 Å². The lowest BCUT2D eigenvalue weighted by Crippen LogP contribution is -2.29. The minimum atomic E-state index is -0.686. The SMILES string of the molecule is O[C@@H]1O[C@H]([C@@H]2N[C@H]2c2ccccc2)N2[C@@H]1[C@H]2c1ccccc1. The fourth-order valence-electron chi connectivity index (χ4n) is 3.84. The molecule has 2 aromatic rings. The van der Waals surface area contributed by atoms with E-state index >= 15 is 0 Å². The number of nitrogens with zero attached hydrogens (tertiary/aromatic N) is 1. The summed E-state index contributed by atoms with van der Waals surface area (Å²) in [6, 6.07) is 21.8. The average molecular weight is 294 g/mol. The molecular weight excluding hydrogens is 276 g/mol. The summed E-state index contributed by atoms with van der Waals surface area (Å²) >= 11 is 0. The monoisotopic (exact) mass is 294 g/mol. The van der Waals surface area contributed by atoms with Crippen LogP contribution in [0.5, 0.6) is 0 Å². The fraction of sp³-hybridized carbons (Fsp3) is 0.333. The second-order valence-corrected chi connectivity index (χ2v) is 6.29. The van der Waals surface area contributed by atoms with Gasteiger partial charge in [-0.1, -0.05) is 60.7 Å². The largest absolute Gasteiger partial charge is 0.366 e. The van der Waals surface area contributed by atoms with Crippen LogP contribution in [0, 0.1) is 0 Å². The number of hydrogen-bond acceptors (Lipinski definition) is 4. The third-order valence-electron chi connectivity index (χ3n) is 4.99. The summed E-state index contributed by atoms with van der Waals surface area (Å²) in [4.78, 5) is 2.29. The molecule has 2 N–H and O–H groups in total. The van der Waals surface area contributed by atoms with Gasteiger partial charge in [0.1, 0.15) is 6.23 Å². The van der Waals surface area contributed by atoms with Crippen LogP contribution in [0.25, 0.3) is 0 Å². The standard InChI is InChI=1S/C18H18N2O2/c21-18-16-15(12-9-5-2-6-10-12)20(16)17(22-18)14-13(19-14)11-7-3-1-4-8-11/h1-10,13-19,21H/t13-,14+,15+,16+,17+,18+,20?/m0/s1. The minimum Gasteiger partial charge on any atom is -0.366 e. The maximum atomic E-state index is 10.2. The quantitative estimate of drug-likeness (QED) is 0.848. The van der Waals surface area contributed by atoms with E-state index in [0.29, 0.717) is 6.04 Å². The molecule has 3 aliphatic rings. The Labute approximate surface area is 129 Å². The van der Waals surface area contributed by atoms with E-state index in [1.54, 1.807) is 0 Å². The maximum absolute atomic E-state index is 10.2. The van der Waals surface area contributed by atoms with Gasteiger partial charge in [0.15, 0.2) is 6.29 Å². The zero-order chi connectivity index (χ0) is 14.7. The topological polar surface area (TPSA) is 54.4 Å². The van der Waals surface area contributed by atoms with E-state index < -0.39 is 6.29 Å². The molecule has 0 amide bonds. The van der Waals surface area contributed by atoms with Crippen molar-refractivity contribution < 1.29 is 9.84 Å². The molecule has 7 atom stereocenters. The molecule has 0 aromatic heterocycles. The van der Waals surface area contributed by atoms with Crippen molar-refractivity contribution in [3.63, 3.8) is 0 Å². The highest BCUT2D eigenvalue weighted by atomic mass is 16.6. The number of benzene rings is 2. The number of nitrogens with one attached hydrogen (secondary N) is 1. The molecule has 0 spiro atoms. The van der Waals surface area contributed by atoms with Crippen molar-refractivity contribution in [3.8, 4) is 0 Å². The summed E-state index contributed by atoms with van der Waals surface area (Å²) in [7, 11) is 0. The molecule has 3 fully saturated rings. The molecule has 2 aromatic carbocycles. The first-order valence-corrected chi connectivity index (χ1v) is 7.81. The summed E-state index contributed by atoms with van der Waals surface area (Å²) in [5.74, 6) is 0. The normalized spacial score (nSPS) is 42.0. The maximum Gasteiger partial charge on any atom is 0.174 e. The highest BCUT2D eigenvalue weighted by Crippen LogP contribution is 2.55. The van der Waals surface area contributed by atoms with Crippen molar-refractivity contribution in [1.82, 2.24) is 10.2 Å². The lowest BCUT2D eigenvalue weighted by molar-refractivity contribution is -0.118. The Morgan fingerprint density at radius 1 is 0.909 bits per heavy atom. The van der Waals surface area contributed by atoms with Gasteiger partial charge in [-0.05, 0) is 11.1 Å². The van der Waals surface area contributed by atoms with Crippen LogP contribution in [0.3, 0.4) is 0 Å². The van der Waals surface area contributed by atoms with Crippen molar-refractivity contribution in [2.24, 2.45) is 0 Å². The lowest BCUT2D eigenvalue weighted by atomic mass is 10.1. The lowest BCUT2D eigenvalue weighted by Gasteiger charge is -2.17. The highest BCUT2D eigenvalue weighted by molar-refractivity contribution is 5.33. The number of rotatable bonds is 3. The van der Waals surface area contributed by atoms with E-state index in [0.717, 1.165) is 0 Å². The van der Waals surface area contributed by atoms with Gasteiger partial charge in [-0.15, -0.1) is 0 Å². The van der Waals surface area contributed by atoms with Crippen LogP contribution in [0.2, 0.25) is 0 Å². The second kappa shape index (κ2) is 4.64. The number of aliphatic hydroxyl groups excluding tert-OH is 1. The van der Waals surface area contributed by atoms with Crippen LogP contribution < -0.4 is 5.32 Å². The summed E-state index contributed by atoms with van der Waals surface area (Å²) in [5, 5.41) is 13.7. The zero-order valence-corrected chi connectivity index (χ0v) is 12.0. The molecule has 22 heavy (non-hydrogen) atoms.